The lowest BCUT2D eigenvalue weighted by atomic mass is 10.3. The Morgan fingerprint density at radius 1 is 1.17 bits per heavy atom. The van der Waals surface area contributed by atoms with Gasteiger partial charge in [0, 0.05) is 0 Å². The summed E-state index contributed by atoms with van der Waals surface area (Å²) in [5, 5.41) is 1.80. The van der Waals surface area contributed by atoms with Crippen molar-refractivity contribution in [2.24, 2.45) is 0 Å². The van der Waals surface area contributed by atoms with E-state index in [0.717, 1.165) is 0 Å². The van der Waals surface area contributed by atoms with Crippen LogP contribution >= 0.6 is 11.3 Å². The predicted molar refractivity (Wildman–Crippen MR) is 66.5 cm³/mol. The van der Waals surface area contributed by atoms with Gasteiger partial charge in [0.05, 0.1) is 0 Å². The number of rotatable bonds is 5. The highest BCUT2D eigenvalue weighted by Crippen LogP contribution is 2.15. The number of thiophene rings is 1. The quantitative estimate of drug-likeness (QED) is 0.616. The number of carbonyl (C=O) groups is 1. The van der Waals surface area contributed by atoms with Crippen molar-refractivity contribution in [2.75, 3.05) is 13.2 Å². The SMILES string of the molecule is O=C(OCCOc1ccccc1F)c1cccs1. The molecule has 0 saturated carbocycles. The van der Waals surface area contributed by atoms with Crippen LogP contribution in [0.5, 0.6) is 5.75 Å². The van der Waals surface area contributed by atoms with E-state index in [1.165, 1.54) is 23.5 Å². The average Bonchev–Trinajstić information content (AvgIpc) is 2.90. The Hall–Kier alpha value is -1.88. The third-order valence-electron chi connectivity index (χ3n) is 2.13. The van der Waals surface area contributed by atoms with Crippen LogP contribution in [0.2, 0.25) is 0 Å². The molecule has 0 atom stereocenters. The lowest BCUT2D eigenvalue weighted by molar-refractivity contribution is 0.0454. The molecule has 18 heavy (non-hydrogen) atoms. The summed E-state index contributed by atoms with van der Waals surface area (Å²) in [4.78, 5) is 12.0. The first-order valence-electron chi connectivity index (χ1n) is 5.35. The third kappa shape index (κ3) is 3.30. The van der Waals surface area contributed by atoms with Gasteiger partial charge in [0.15, 0.2) is 11.6 Å². The lowest BCUT2D eigenvalue weighted by Gasteiger charge is -2.07. The van der Waals surface area contributed by atoms with Gasteiger partial charge in [-0.05, 0) is 23.6 Å². The van der Waals surface area contributed by atoms with Crippen LogP contribution in [-0.4, -0.2) is 19.2 Å². The van der Waals surface area contributed by atoms with E-state index in [1.54, 1.807) is 29.6 Å². The average molecular weight is 266 g/mol. The molecule has 5 heteroatoms. The monoisotopic (exact) mass is 266 g/mol. The summed E-state index contributed by atoms with van der Waals surface area (Å²) in [5.41, 5.74) is 0. The first kappa shape index (κ1) is 12.6. The molecule has 3 nitrogen and oxygen atoms in total. The highest BCUT2D eigenvalue weighted by atomic mass is 32.1. The molecule has 1 aromatic heterocycles. The minimum Gasteiger partial charge on any atom is -0.487 e. The van der Waals surface area contributed by atoms with E-state index < -0.39 is 5.82 Å². The largest absolute Gasteiger partial charge is 0.487 e. The van der Waals surface area contributed by atoms with Gasteiger partial charge < -0.3 is 9.47 Å². The van der Waals surface area contributed by atoms with Crippen LogP contribution in [0.3, 0.4) is 0 Å². The fourth-order valence-corrected chi connectivity index (χ4v) is 1.93. The summed E-state index contributed by atoms with van der Waals surface area (Å²) < 4.78 is 23.3. The van der Waals surface area contributed by atoms with Crippen molar-refractivity contribution in [1.82, 2.24) is 0 Å². The first-order valence-corrected chi connectivity index (χ1v) is 6.23. The molecule has 2 rings (SSSR count). The second-order valence-electron chi connectivity index (χ2n) is 3.39. The number of esters is 1. The van der Waals surface area contributed by atoms with E-state index in [-0.39, 0.29) is 24.9 Å². The van der Waals surface area contributed by atoms with Crippen LogP contribution in [0.1, 0.15) is 9.67 Å². The van der Waals surface area contributed by atoms with Gasteiger partial charge in [-0.25, -0.2) is 9.18 Å². The Labute approximate surface area is 108 Å². The number of carbonyl (C=O) groups excluding carboxylic acids is 1. The Morgan fingerprint density at radius 3 is 2.72 bits per heavy atom. The van der Waals surface area contributed by atoms with E-state index in [4.69, 9.17) is 9.47 Å². The zero-order chi connectivity index (χ0) is 12.8. The topological polar surface area (TPSA) is 35.5 Å². The van der Waals surface area contributed by atoms with E-state index in [9.17, 15) is 9.18 Å². The minimum atomic E-state index is -0.429. The van der Waals surface area contributed by atoms with Crippen LogP contribution in [0.25, 0.3) is 0 Å². The highest BCUT2D eigenvalue weighted by Gasteiger charge is 2.07. The number of ether oxygens (including phenoxy) is 2. The molecule has 0 amide bonds. The molecule has 0 saturated heterocycles. The van der Waals surface area contributed by atoms with E-state index >= 15 is 0 Å². The second-order valence-corrected chi connectivity index (χ2v) is 4.34. The maximum absolute atomic E-state index is 13.2. The second kappa shape index (κ2) is 6.16. The molecule has 0 unspecified atom stereocenters. The molecule has 1 aromatic carbocycles. The Balaban J connectivity index is 1.74. The molecule has 1 heterocycles. The van der Waals surface area contributed by atoms with Crippen molar-refractivity contribution in [1.29, 1.82) is 0 Å². The van der Waals surface area contributed by atoms with Crippen molar-refractivity contribution >= 4 is 17.3 Å². The van der Waals surface area contributed by atoms with Crippen LogP contribution < -0.4 is 4.74 Å². The summed E-state index contributed by atoms with van der Waals surface area (Å²) in [5.74, 6) is -0.658. The van der Waals surface area contributed by atoms with Crippen LogP contribution in [-0.2, 0) is 4.74 Å². The van der Waals surface area contributed by atoms with E-state index in [1.807, 2.05) is 0 Å². The molecular formula is C13H11FO3S. The van der Waals surface area contributed by atoms with Crippen LogP contribution in [0, 0.1) is 5.82 Å². The molecule has 0 bridgehead atoms. The van der Waals surface area contributed by atoms with Gasteiger partial charge in [-0.3, -0.25) is 0 Å². The zero-order valence-electron chi connectivity index (χ0n) is 9.47. The van der Waals surface area contributed by atoms with Crippen LogP contribution in [0.4, 0.5) is 4.39 Å². The minimum absolute atomic E-state index is 0.0884. The number of hydrogen-bond acceptors (Lipinski definition) is 4. The Bertz CT molecular complexity index is 511. The molecule has 2 aromatic rings. The molecule has 0 aliphatic heterocycles. The molecule has 0 radical (unpaired) electrons. The van der Waals surface area contributed by atoms with E-state index in [2.05, 4.69) is 0 Å². The van der Waals surface area contributed by atoms with Crippen molar-refractivity contribution in [3.8, 4) is 5.75 Å². The number of hydrogen-bond donors (Lipinski definition) is 0. The molecule has 0 fully saturated rings. The van der Waals surface area contributed by atoms with E-state index in [0.29, 0.717) is 4.88 Å². The van der Waals surface area contributed by atoms with Crippen molar-refractivity contribution in [3.05, 3.63) is 52.5 Å². The number of benzene rings is 1. The standard InChI is InChI=1S/C13H11FO3S/c14-10-4-1-2-5-11(10)16-7-8-17-13(15)12-6-3-9-18-12/h1-6,9H,7-8H2. The zero-order valence-corrected chi connectivity index (χ0v) is 10.3. The Kier molecular flexibility index (Phi) is 4.30. The first-order chi connectivity index (χ1) is 8.77. The van der Waals surface area contributed by atoms with Crippen LogP contribution in [0.15, 0.2) is 41.8 Å². The smallest absolute Gasteiger partial charge is 0.348 e. The van der Waals surface area contributed by atoms with Crippen molar-refractivity contribution in [2.45, 2.75) is 0 Å². The summed E-state index contributed by atoms with van der Waals surface area (Å²) in [6, 6.07) is 9.56. The molecule has 94 valence electrons. The fourth-order valence-electron chi connectivity index (χ4n) is 1.31. The maximum atomic E-state index is 13.2. The van der Waals surface area contributed by atoms with Crippen molar-refractivity contribution < 1.29 is 18.7 Å². The van der Waals surface area contributed by atoms with Gasteiger partial charge in [0.25, 0.3) is 0 Å². The Morgan fingerprint density at radius 2 is 2.00 bits per heavy atom. The summed E-state index contributed by atoms with van der Waals surface area (Å²) in [6.45, 7) is 0.211. The van der Waals surface area contributed by atoms with Gasteiger partial charge in [-0.2, -0.15) is 0 Å². The van der Waals surface area contributed by atoms with Gasteiger partial charge in [-0.15, -0.1) is 11.3 Å². The highest BCUT2D eigenvalue weighted by molar-refractivity contribution is 7.11. The molecule has 0 spiro atoms. The maximum Gasteiger partial charge on any atom is 0.348 e. The summed E-state index contributed by atoms with van der Waals surface area (Å²) in [7, 11) is 0. The molecular weight excluding hydrogens is 255 g/mol. The third-order valence-corrected chi connectivity index (χ3v) is 2.98. The fraction of sp³-hybridized carbons (Fsp3) is 0.154. The van der Waals surface area contributed by atoms with Gasteiger partial charge in [0.2, 0.25) is 0 Å². The number of para-hydroxylation sites is 1. The van der Waals surface area contributed by atoms with Crippen molar-refractivity contribution in [3.63, 3.8) is 0 Å². The normalized spacial score (nSPS) is 10.1. The summed E-state index contributed by atoms with van der Waals surface area (Å²) >= 11 is 1.31. The van der Waals surface area contributed by atoms with Gasteiger partial charge in [0.1, 0.15) is 18.1 Å². The molecule has 0 N–H and O–H groups in total. The van der Waals surface area contributed by atoms with Gasteiger partial charge >= 0.3 is 5.97 Å². The molecule has 0 aliphatic carbocycles. The predicted octanol–water partition coefficient (Wildman–Crippen LogP) is 3.12. The number of halogens is 1. The van der Waals surface area contributed by atoms with Gasteiger partial charge in [-0.1, -0.05) is 18.2 Å². The summed E-state index contributed by atoms with van der Waals surface area (Å²) in [6.07, 6.45) is 0. The molecule has 0 aliphatic rings. The lowest BCUT2D eigenvalue weighted by Crippen LogP contribution is -2.11.